The van der Waals surface area contributed by atoms with Crippen molar-refractivity contribution in [3.8, 4) is 11.4 Å². The Kier molecular flexibility index (Phi) is 6.01. The van der Waals surface area contributed by atoms with Crippen molar-refractivity contribution >= 4 is 17.5 Å². The van der Waals surface area contributed by atoms with Crippen molar-refractivity contribution in [1.29, 1.82) is 0 Å². The van der Waals surface area contributed by atoms with Gasteiger partial charge in [-0.3, -0.25) is 9.59 Å². The molecule has 0 aliphatic carbocycles. The summed E-state index contributed by atoms with van der Waals surface area (Å²) in [6, 6.07) is 13.6. The minimum atomic E-state index is -0.283. The zero-order valence-electron chi connectivity index (χ0n) is 17.0. The number of amides is 2. The number of nitrogens with zero attached hydrogens (tertiary/aromatic N) is 5. The highest BCUT2D eigenvalue weighted by Crippen LogP contribution is 2.16. The maximum atomic E-state index is 12.4. The lowest BCUT2D eigenvalue weighted by Crippen LogP contribution is -2.37. The molecule has 0 fully saturated rings. The molecule has 8 nitrogen and oxygen atoms in total. The van der Waals surface area contributed by atoms with Gasteiger partial charge in [0.2, 0.25) is 17.6 Å². The fraction of sp³-hybridized carbons (Fsp3) is 0.286. The van der Waals surface area contributed by atoms with Gasteiger partial charge in [-0.05, 0) is 43.2 Å². The summed E-state index contributed by atoms with van der Waals surface area (Å²) in [4.78, 5) is 27.3. The molecule has 1 aromatic heterocycles. The van der Waals surface area contributed by atoms with Gasteiger partial charge in [0.05, 0.1) is 6.54 Å². The molecule has 2 aromatic carbocycles. The normalized spacial score (nSPS) is 10.6. The van der Waals surface area contributed by atoms with Crippen LogP contribution in [0.4, 0.5) is 5.69 Å². The van der Waals surface area contributed by atoms with Crippen molar-refractivity contribution in [3.63, 3.8) is 0 Å². The summed E-state index contributed by atoms with van der Waals surface area (Å²) in [5, 5.41) is 15.0. The van der Waals surface area contributed by atoms with Gasteiger partial charge in [0.25, 0.3) is 0 Å². The Balaban J connectivity index is 1.57. The lowest BCUT2D eigenvalue weighted by molar-refractivity contribution is -0.134. The van der Waals surface area contributed by atoms with E-state index in [1.165, 1.54) is 9.70 Å². The van der Waals surface area contributed by atoms with Crippen LogP contribution >= 0.6 is 0 Å². The highest BCUT2D eigenvalue weighted by Gasteiger charge is 2.16. The summed E-state index contributed by atoms with van der Waals surface area (Å²) in [5.74, 6) is -0.0940. The van der Waals surface area contributed by atoms with Crippen LogP contribution in [0.25, 0.3) is 11.4 Å². The molecule has 3 rings (SSSR count). The number of anilines is 1. The number of aryl methyl sites for hydroxylation is 3. The first-order valence-corrected chi connectivity index (χ1v) is 9.28. The summed E-state index contributed by atoms with van der Waals surface area (Å²) < 4.78 is 0. The number of likely N-dealkylation sites (N-methyl/N-ethyl adjacent to an activating group) is 1. The van der Waals surface area contributed by atoms with Crippen LogP contribution in [0.5, 0.6) is 0 Å². The van der Waals surface area contributed by atoms with Gasteiger partial charge in [-0.2, -0.15) is 4.80 Å². The predicted octanol–water partition coefficient (Wildman–Crippen LogP) is 2.36. The van der Waals surface area contributed by atoms with Crippen molar-refractivity contribution in [3.05, 3.63) is 59.2 Å². The first-order chi connectivity index (χ1) is 13.8. The second-order valence-electron chi connectivity index (χ2n) is 7.13. The van der Waals surface area contributed by atoms with E-state index in [1.54, 1.807) is 7.05 Å². The van der Waals surface area contributed by atoms with Gasteiger partial charge in [0, 0.05) is 18.3 Å². The Morgan fingerprint density at radius 1 is 1.03 bits per heavy atom. The van der Waals surface area contributed by atoms with Gasteiger partial charge < -0.3 is 10.2 Å². The fourth-order valence-corrected chi connectivity index (χ4v) is 2.73. The molecule has 0 radical (unpaired) electrons. The summed E-state index contributed by atoms with van der Waals surface area (Å²) in [6.45, 7) is 5.73. The van der Waals surface area contributed by atoms with E-state index in [1.807, 2.05) is 63.2 Å². The van der Waals surface area contributed by atoms with Gasteiger partial charge in [-0.25, -0.2) is 0 Å². The van der Waals surface area contributed by atoms with E-state index >= 15 is 0 Å². The maximum absolute atomic E-state index is 12.4. The van der Waals surface area contributed by atoms with Crippen LogP contribution in [-0.4, -0.2) is 50.5 Å². The molecular weight excluding hydrogens is 368 g/mol. The molecule has 0 saturated heterocycles. The van der Waals surface area contributed by atoms with Gasteiger partial charge >= 0.3 is 0 Å². The van der Waals surface area contributed by atoms with Crippen LogP contribution in [-0.2, 0) is 16.1 Å². The van der Waals surface area contributed by atoms with E-state index in [2.05, 4.69) is 20.7 Å². The topological polar surface area (TPSA) is 93.0 Å². The Morgan fingerprint density at radius 2 is 1.72 bits per heavy atom. The molecule has 1 N–H and O–H groups in total. The number of carbonyl (C=O) groups is 2. The maximum Gasteiger partial charge on any atom is 0.246 e. The first kappa shape index (κ1) is 20.2. The number of tetrazole rings is 1. The predicted molar refractivity (Wildman–Crippen MR) is 110 cm³/mol. The molecular formula is C21H24N6O2. The van der Waals surface area contributed by atoms with Crippen molar-refractivity contribution in [2.45, 2.75) is 27.3 Å². The van der Waals surface area contributed by atoms with Crippen molar-refractivity contribution in [1.82, 2.24) is 25.1 Å². The number of hydrogen-bond acceptors (Lipinski definition) is 5. The molecule has 3 aromatic rings. The molecule has 0 atom stereocenters. The Morgan fingerprint density at radius 3 is 2.45 bits per heavy atom. The molecule has 0 unspecified atom stereocenters. The molecule has 0 spiro atoms. The van der Waals surface area contributed by atoms with E-state index < -0.39 is 0 Å². The molecule has 1 heterocycles. The molecule has 150 valence electrons. The average molecular weight is 392 g/mol. The molecule has 29 heavy (non-hydrogen) atoms. The highest BCUT2D eigenvalue weighted by molar-refractivity contribution is 5.95. The average Bonchev–Trinajstić information content (AvgIpc) is 3.13. The second kappa shape index (κ2) is 8.64. The number of hydrogen-bond donors (Lipinski definition) is 1. The molecule has 2 amide bonds. The molecule has 8 heteroatoms. The van der Waals surface area contributed by atoms with Crippen LogP contribution in [0.1, 0.15) is 16.7 Å². The van der Waals surface area contributed by atoms with Crippen LogP contribution < -0.4 is 5.32 Å². The lowest BCUT2D eigenvalue weighted by Gasteiger charge is -2.17. The van der Waals surface area contributed by atoms with Crippen molar-refractivity contribution in [2.24, 2.45) is 0 Å². The van der Waals surface area contributed by atoms with E-state index in [0.717, 1.165) is 27.9 Å². The first-order valence-electron chi connectivity index (χ1n) is 9.28. The third-order valence-corrected chi connectivity index (χ3v) is 4.51. The Bertz CT molecular complexity index is 1030. The minimum absolute atomic E-state index is 0.0638. The number of rotatable bonds is 6. The van der Waals surface area contributed by atoms with Gasteiger partial charge in [-0.1, -0.05) is 42.0 Å². The quantitative estimate of drug-likeness (QED) is 0.695. The standard InChI is InChI=1S/C21H24N6O2/c1-14-6-9-17(10-7-14)21-23-25-27(24-21)13-20(29)26(4)12-19(28)22-18-11-15(2)5-8-16(18)3/h5-11H,12-13H2,1-4H3,(H,22,28). The smallest absolute Gasteiger partial charge is 0.246 e. The van der Waals surface area contributed by atoms with E-state index in [9.17, 15) is 9.59 Å². The molecule has 0 aliphatic rings. The number of aromatic nitrogens is 4. The molecule has 0 bridgehead atoms. The van der Waals surface area contributed by atoms with E-state index in [4.69, 9.17) is 0 Å². The third-order valence-electron chi connectivity index (χ3n) is 4.51. The van der Waals surface area contributed by atoms with Crippen molar-refractivity contribution < 1.29 is 9.59 Å². The summed E-state index contributed by atoms with van der Waals surface area (Å²) in [5.41, 5.74) is 4.73. The second-order valence-corrected chi connectivity index (χ2v) is 7.13. The summed E-state index contributed by atoms with van der Waals surface area (Å²) >= 11 is 0. The monoisotopic (exact) mass is 392 g/mol. The SMILES string of the molecule is Cc1ccc(-c2nnn(CC(=O)N(C)CC(=O)Nc3cc(C)ccc3C)n2)cc1. The fourth-order valence-electron chi connectivity index (χ4n) is 2.73. The minimum Gasteiger partial charge on any atom is -0.335 e. The summed E-state index contributed by atoms with van der Waals surface area (Å²) in [7, 11) is 1.57. The van der Waals surface area contributed by atoms with Gasteiger partial charge in [-0.15, -0.1) is 10.2 Å². The van der Waals surface area contributed by atoms with Crippen LogP contribution in [0.15, 0.2) is 42.5 Å². The van der Waals surface area contributed by atoms with Crippen LogP contribution in [0.2, 0.25) is 0 Å². The van der Waals surface area contributed by atoms with Crippen LogP contribution in [0, 0.1) is 20.8 Å². The Labute approximate surface area is 169 Å². The number of nitrogens with one attached hydrogen (secondary N) is 1. The molecule has 0 saturated carbocycles. The highest BCUT2D eigenvalue weighted by atomic mass is 16.2. The lowest BCUT2D eigenvalue weighted by atomic mass is 10.1. The summed E-state index contributed by atoms with van der Waals surface area (Å²) in [6.07, 6.45) is 0. The van der Waals surface area contributed by atoms with Crippen molar-refractivity contribution in [2.75, 3.05) is 18.9 Å². The molecule has 0 aliphatic heterocycles. The van der Waals surface area contributed by atoms with Gasteiger partial charge in [0.1, 0.15) is 6.54 Å². The number of carbonyl (C=O) groups excluding carboxylic acids is 2. The zero-order chi connectivity index (χ0) is 21.0. The van der Waals surface area contributed by atoms with E-state index in [0.29, 0.717) is 5.82 Å². The van der Waals surface area contributed by atoms with E-state index in [-0.39, 0.29) is 24.9 Å². The zero-order valence-corrected chi connectivity index (χ0v) is 17.0. The van der Waals surface area contributed by atoms with Crippen LogP contribution in [0.3, 0.4) is 0 Å². The Hall–Kier alpha value is -3.55. The largest absolute Gasteiger partial charge is 0.335 e. The van der Waals surface area contributed by atoms with Gasteiger partial charge in [0.15, 0.2) is 0 Å². The number of benzene rings is 2. The third kappa shape index (κ3) is 5.25.